The van der Waals surface area contributed by atoms with Crippen molar-refractivity contribution in [2.45, 2.75) is 44.8 Å². The van der Waals surface area contributed by atoms with Crippen molar-refractivity contribution in [3.63, 3.8) is 0 Å². The Balaban J connectivity index is 1.47. The molecule has 0 aliphatic carbocycles. The number of rotatable bonds is 5. The number of hydrogen-bond donors (Lipinski definition) is 2. The monoisotopic (exact) mass is 516 g/mol. The fourth-order valence-electron chi connectivity index (χ4n) is 5.01. The van der Waals surface area contributed by atoms with E-state index in [1.165, 1.54) is 6.26 Å². The highest BCUT2D eigenvalue weighted by Crippen LogP contribution is 2.34. The van der Waals surface area contributed by atoms with Crippen molar-refractivity contribution < 1.29 is 14.5 Å². The van der Waals surface area contributed by atoms with Crippen LogP contribution in [0.5, 0.6) is 0 Å². The molecule has 0 bridgehead atoms. The smallest absolute Gasteiger partial charge is 0.256 e. The number of anilines is 2. The molecule has 3 aromatic rings. The standard InChI is InChI=1S/C24H29ClN6O3S/c1-15-13-31-22(26-23(15)29-10-8-17(32)14-29)12-20(27-31)21-5-3-4-9-30(21)24(33)18-11-16(25)6-7-19(18)28-35(2)34/h6-7,11-13,17,21,28,32H,3-5,8-10,14H2,1-2H3. The number of nitrogens with zero attached hydrogens (tertiary/aromatic N) is 5. The highest BCUT2D eigenvalue weighted by molar-refractivity contribution is 7.92. The average molecular weight is 517 g/mol. The van der Waals surface area contributed by atoms with Crippen molar-refractivity contribution in [1.82, 2.24) is 19.5 Å². The van der Waals surface area contributed by atoms with E-state index >= 15 is 0 Å². The zero-order valence-electron chi connectivity index (χ0n) is 19.8. The molecule has 0 spiro atoms. The zero-order chi connectivity index (χ0) is 24.7. The van der Waals surface area contributed by atoms with Crippen molar-refractivity contribution in [3.8, 4) is 0 Å². The number of carbonyl (C=O) groups excluding carboxylic acids is 1. The van der Waals surface area contributed by atoms with Crippen molar-refractivity contribution >= 4 is 46.0 Å². The van der Waals surface area contributed by atoms with Crippen LogP contribution in [0.4, 0.5) is 11.5 Å². The minimum atomic E-state index is -1.33. The Kier molecular flexibility index (Phi) is 6.80. The number of carbonyl (C=O) groups is 1. The Morgan fingerprint density at radius 2 is 2.09 bits per heavy atom. The predicted octanol–water partition coefficient (Wildman–Crippen LogP) is 3.33. The number of aromatic nitrogens is 3. The molecule has 2 aliphatic heterocycles. The molecular formula is C24H29ClN6O3S. The largest absolute Gasteiger partial charge is 0.593 e. The molecule has 11 heteroatoms. The molecule has 2 aliphatic rings. The maximum absolute atomic E-state index is 13.7. The quantitative estimate of drug-likeness (QED) is 0.500. The molecule has 3 unspecified atom stereocenters. The molecule has 2 N–H and O–H groups in total. The molecule has 1 amide bonds. The molecule has 186 valence electrons. The van der Waals surface area contributed by atoms with E-state index in [4.69, 9.17) is 21.7 Å². The number of aliphatic hydroxyl groups is 1. The fraction of sp³-hybridized carbons (Fsp3) is 0.458. The van der Waals surface area contributed by atoms with Crippen LogP contribution in [-0.4, -0.2) is 67.1 Å². The predicted molar refractivity (Wildman–Crippen MR) is 137 cm³/mol. The third-order valence-electron chi connectivity index (χ3n) is 6.66. The number of nitrogens with one attached hydrogen (secondary N) is 1. The van der Waals surface area contributed by atoms with Gasteiger partial charge < -0.3 is 19.5 Å². The van der Waals surface area contributed by atoms with Gasteiger partial charge in [0.05, 0.1) is 40.5 Å². The van der Waals surface area contributed by atoms with Crippen LogP contribution in [0.1, 0.15) is 53.3 Å². The highest BCUT2D eigenvalue weighted by Gasteiger charge is 2.32. The number of amides is 1. The summed E-state index contributed by atoms with van der Waals surface area (Å²) in [6.07, 6.45) is 6.57. The minimum absolute atomic E-state index is 0.168. The summed E-state index contributed by atoms with van der Waals surface area (Å²) in [5.41, 5.74) is 3.38. The van der Waals surface area contributed by atoms with Gasteiger partial charge in [-0.15, -0.1) is 0 Å². The lowest BCUT2D eigenvalue weighted by atomic mass is 9.98. The third kappa shape index (κ3) is 4.93. The number of benzene rings is 1. The number of fused-ring (bicyclic) bond motifs is 1. The molecule has 1 aromatic carbocycles. The molecule has 4 heterocycles. The second kappa shape index (κ2) is 9.85. The van der Waals surface area contributed by atoms with Gasteiger partial charge in [-0.25, -0.2) is 14.2 Å². The van der Waals surface area contributed by atoms with Gasteiger partial charge in [0.15, 0.2) is 5.65 Å². The Labute approximate surface area is 212 Å². The number of likely N-dealkylation sites (tertiary alicyclic amines) is 1. The van der Waals surface area contributed by atoms with E-state index in [1.54, 1.807) is 22.7 Å². The van der Waals surface area contributed by atoms with Crippen molar-refractivity contribution in [1.29, 1.82) is 0 Å². The molecule has 5 rings (SSSR count). The molecule has 0 saturated carbocycles. The summed E-state index contributed by atoms with van der Waals surface area (Å²) >= 11 is 4.89. The second-order valence-corrected chi connectivity index (χ2v) is 10.8. The van der Waals surface area contributed by atoms with Crippen LogP contribution in [-0.2, 0) is 11.4 Å². The summed E-state index contributed by atoms with van der Waals surface area (Å²) in [7, 11) is 0. The van der Waals surface area contributed by atoms with Gasteiger partial charge in [0.25, 0.3) is 5.91 Å². The Morgan fingerprint density at radius 1 is 1.26 bits per heavy atom. The summed E-state index contributed by atoms with van der Waals surface area (Å²) in [6, 6.07) is 6.73. The van der Waals surface area contributed by atoms with E-state index in [0.29, 0.717) is 35.0 Å². The van der Waals surface area contributed by atoms with Crippen LogP contribution in [0.15, 0.2) is 30.5 Å². The Morgan fingerprint density at radius 3 is 2.83 bits per heavy atom. The van der Waals surface area contributed by atoms with Gasteiger partial charge in [-0.3, -0.25) is 4.79 Å². The minimum Gasteiger partial charge on any atom is -0.593 e. The van der Waals surface area contributed by atoms with Gasteiger partial charge in [0.1, 0.15) is 12.1 Å². The summed E-state index contributed by atoms with van der Waals surface area (Å²) in [6.45, 7) is 3.95. The van der Waals surface area contributed by atoms with Crippen LogP contribution >= 0.6 is 11.6 Å². The molecule has 2 aromatic heterocycles. The number of piperidine rings is 1. The Bertz CT molecular complexity index is 1250. The zero-order valence-corrected chi connectivity index (χ0v) is 21.3. The fourth-order valence-corrected chi connectivity index (χ4v) is 5.67. The van der Waals surface area contributed by atoms with E-state index in [2.05, 4.69) is 9.62 Å². The number of aryl methyl sites for hydroxylation is 1. The van der Waals surface area contributed by atoms with Crippen molar-refractivity contribution in [2.24, 2.45) is 0 Å². The second-order valence-electron chi connectivity index (χ2n) is 9.26. The molecule has 35 heavy (non-hydrogen) atoms. The molecule has 0 radical (unpaired) electrons. The van der Waals surface area contributed by atoms with E-state index in [1.807, 2.05) is 24.1 Å². The summed E-state index contributed by atoms with van der Waals surface area (Å²) in [5.74, 6) is 0.692. The lowest BCUT2D eigenvalue weighted by Crippen LogP contribution is -2.39. The van der Waals surface area contributed by atoms with Crippen LogP contribution < -0.4 is 9.62 Å². The first-order chi connectivity index (χ1) is 16.8. The Hall–Kier alpha value is -2.53. The first kappa shape index (κ1) is 24.2. The van der Waals surface area contributed by atoms with E-state index in [-0.39, 0.29) is 18.1 Å². The van der Waals surface area contributed by atoms with Crippen molar-refractivity contribution in [2.75, 3.05) is 35.5 Å². The van der Waals surface area contributed by atoms with Gasteiger partial charge >= 0.3 is 0 Å². The summed E-state index contributed by atoms with van der Waals surface area (Å²) in [5, 5.41) is 15.2. The van der Waals surface area contributed by atoms with Gasteiger partial charge in [-0.05, 0) is 50.8 Å². The third-order valence-corrected chi connectivity index (χ3v) is 7.40. The van der Waals surface area contributed by atoms with E-state index in [9.17, 15) is 14.5 Å². The number of hydrogen-bond acceptors (Lipinski definition) is 7. The SMILES string of the molecule is Cc1cn2nc(C3CCCCN3C(=O)c3cc(Cl)ccc3N[S+](C)[O-])cc2nc1N1CCC(O)C1. The van der Waals surface area contributed by atoms with E-state index in [0.717, 1.165) is 49.3 Å². The molecule has 3 atom stereocenters. The average Bonchev–Trinajstić information content (AvgIpc) is 3.44. The molecule has 2 fully saturated rings. The van der Waals surface area contributed by atoms with Gasteiger partial charge in [0, 0.05) is 42.5 Å². The van der Waals surface area contributed by atoms with Crippen LogP contribution in [0, 0.1) is 6.92 Å². The first-order valence-corrected chi connectivity index (χ1v) is 13.7. The highest BCUT2D eigenvalue weighted by atomic mass is 35.5. The number of β-amino-alcohol motifs (C(OH)–C–C–N with tert-alkyl or cyclic N) is 1. The topological polar surface area (TPSA) is 109 Å². The summed E-state index contributed by atoms with van der Waals surface area (Å²) < 4.78 is 16.4. The molecule has 2 saturated heterocycles. The summed E-state index contributed by atoms with van der Waals surface area (Å²) in [4.78, 5) is 22.5. The lowest BCUT2D eigenvalue weighted by molar-refractivity contribution is 0.0607. The van der Waals surface area contributed by atoms with Crippen molar-refractivity contribution in [3.05, 3.63) is 52.3 Å². The number of aliphatic hydroxyl groups excluding tert-OH is 1. The van der Waals surface area contributed by atoms with Gasteiger partial charge in [-0.1, -0.05) is 11.6 Å². The first-order valence-electron chi connectivity index (χ1n) is 11.8. The lowest BCUT2D eigenvalue weighted by Gasteiger charge is -2.35. The maximum Gasteiger partial charge on any atom is 0.256 e. The van der Waals surface area contributed by atoms with Gasteiger partial charge in [0.2, 0.25) is 0 Å². The van der Waals surface area contributed by atoms with E-state index < -0.39 is 11.4 Å². The van der Waals surface area contributed by atoms with Crippen LogP contribution in [0.2, 0.25) is 5.02 Å². The molecule has 9 nitrogen and oxygen atoms in total. The van der Waals surface area contributed by atoms with Crippen LogP contribution in [0.3, 0.4) is 0 Å². The van der Waals surface area contributed by atoms with Crippen LogP contribution in [0.25, 0.3) is 5.65 Å². The maximum atomic E-state index is 13.7. The number of halogens is 1. The van der Waals surface area contributed by atoms with Gasteiger partial charge in [-0.2, -0.15) is 5.10 Å². The molecular weight excluding hydrogens is 488 g/mol. The normalized spacial score (nSPS) is 21.5.